The number of fused-ring (bicyclic) bond motifs is 1. The van der Waals surface area contributed by atoms with Crippen molar-refractivity contribution in [2.45, 2.75) is 38.6 Å². The minimum absolute atomic E-state index is 0.0662. The van der Waals surface area contributed by atoms with Crippen molar-refractivity contribution in [3.8, 4) is 0 Å². The summed E-state index contributed by atoms with van der Waals surface area (Å²) in [6.07, 6.45) is 9.50. The van der Waals surface area contributed by atoms with E-state index in [1.165, 1.54) is 6.42 Å². The summed E-state index contributed by atoms with van der Waals surface area (Å²) in [7, 11) is 8.03. The van der Waals surface area contributed by atoms with Crippen molar-refractivity contribution in [3.63, 3.8) is 0 Å². The van der Waals surface area contributed by atoms with Crippen molar-refractivity contribution in [1.29, 1.82) is 0 Å². The van der Waals surface area contributed by atoms with Gasteiger partial charge in [-0.15, -0.1) is 5.10 Å². The molecule has 0 unspecified atom stereocenters. The lowest BCUT2D eigenvalue weighted by Gasteiger charge is -2.21. The molecule has 1 aromatic carbocycles. The molecule has 1 heterocycles. The molecule has 0 radical (unpaired) electrons. The van der Waals surface area contributed by atoms with E-state index in [2.05, 4.69) is 33.2 Å². The lowest BCUT2D eigenvalue weighted by Crippen LogP contribution is -2.27. The maximum Gasteiger partial charge on any atom is 0.261 e. The first-order valence-corrected chi connectivity index (χ1v) is 10.3. The largest absolute Gasteiger partial charge is 0.383 e. The van der Waals surface area contributed by atoms with Crippen molar-refractivity contribution in [2.75, 3.05) is 28.2 Å². The van der Waals surface area contributed by atoms with Crippen LogP contribution in [0, 0.1) is 0 Å². The van der Waals surface area contributed by atoms with Crippen molar-refractivity contribution < 1.29 is 4.79 Å². The number of hydrazone groups is 1. The molecular weight excluding hydrogens is 378 g/mol. The third-order valence-electron chi connectivity index (χ3n) is 4.83. The Morgan fingerprint density at radius 2 is 1.70 bits per heavy atom. The minimum atomic E-state index is -0.228. The lowest BCUT2D eigenvalue weighted by atomic mass is 9.91. The topological polar surface area (TPSA) is 78.6 Å². The minimum Gasteiger partial charge on any atom is -0.383 e. The summed E-state index contributed by atoms with van der Waals surface area (Å²) in [5, 5.41) is 12.8. The number of para-hydroxylation sites is 1. The van der Waals surface area contributed by atoms with Crippen molar-refractivity contribution >= 4 is 22.7 Å². The number of carbonyl (C=O) groups is 1. The third-order valence-corrected chi connectivity index (χ3v) is 4.83. The van der Waals surface area contributed by atoms with Crippen molar-refractivity contribution in [3.05, 3.63) is 47.8 Å². The second kappa shape index (κ2) is 10.0. The summed E-state index contributed by atoms with van der Waals surface area (Å²) in [4.78, 5) is 16.7. The van der Waals surface area contributed by atoms with Gasteiger partial charge in [-0.3, -0.25) is 4.79 Å². The van der Waals surface area contributed by atoms with Gasteiger partial charge in [0.1, 0.15) is 12.1 Å². The van der Waals surface area contributed by atoms with Crippen molar-refractivity contribution in [1.82, 2.24) is 30.2 Å². The molecule has 1 fully saturated rings. The number of nitrogens with zero attached hydrogens (tertiary/aromatic N) is 6. The van der Waals surface area contributed by atoms with Crippen LogP contribution in [0.15, 0.2) is 52.9 Å². The molecule has 3 rings (SSSR count). The van der Waals surface area contributed by atoms with E-state index in [0.717, 1.165) is 53.6 Å². The normalized spacial score (nSPS) is 17.7. The molecule has 0 spiro atoms. The number of allylic oxidation sites excluding steroid dienone is 2. The van der Waals surface area contributed by atoms with Gasteiger partial charge in [0.2, 0.25) is 0 Å². The molecule has 1 saturated carbocycles. The smallest absolute Gasteiger partial charge is 0.261 e. The van der Waals surface area contributed by atoms with Gasteiger partial charge in [-0.25, -0.2) is 10.1 Å². The summed E-state index contributed by atoms with van der Waals surface area (Å²) in [5.41, 5.74) is 7.48. The molecule has 2 aromatic rings. The third kappa shape index (κ3) is 5.68. The Kier molecular flexibility index (Phi) is 7.21. The van der Waals surface area contributed by atoms with E-state index in [4.69, 9.17) is 0 Å². The molecule has 0 saturated heterocycles. The Hall–Kier alpha value is -3.16. The molecule has 1 amide bonds. The highest BCUT2D eigenvalue weighted by molar-refractivity contribution is 6.12. The van der Waals surface area contributed by atoms with Crippen LogP contribution in [0.25, 0.3) is 11.0 Å². The molecule has 8 heteroatoms. The molecule has 0 atom stereocenters. The highest BCUT2D eigenvalue weighted by Crippen LogP contribution is 2.24. The molecule has 1 aromatic heterocycles. The molecule has 1 aliphatic rings. The molecule has 0 bridgehead atoms. The summed E-state index contributed by atoms with van der Waals surface area (Å²) in [6.45, 7) is 0.0662. The second-order valence-corrected chi connectivity index (χ2v) is 8.03. The predicted octanol–water partition coefficient (Wildman–Crippen LogP) is 2.76. The summed E-state index contributed by atoms with van der Waals surface area (Å²) in [5.74, 6) is -0.228. The SMILES string of the molecule is CN(C)/C=C1\CCCCC/C(=C\N(C)C)C1=NNC(=O)Cn1nnc2ccccc21. The van der Waals surface area contributed by atoms with Gasteiger partial charge in [0.25, 0.3) is 5.91 Å². The van der Waals surface area contributed by atoms with Crippen LogP contribution in [0.2, 0.25) is 0 Å². The van der Waals surface area contributed by atoms with E-state index in [-0.39, 0.29) is 12.5 Å². The van der Waals surface area contributed by atoms with Crippen LogP contribution in [-0.2, 0) is 11.3 Å². The van der Waals surface area contributed by atoms with Crippen LogP contribution in [-0.4, -0.2) is 64.6 Å². The first-order chi connectivity index (χ1) is 14.4. The first kappa shape index (κ1) is 21.5. The Labute approximate surface area is 177 Å². The van der Waals surface area contributed by atoms with Gasteiger partial charge < -0.3 is 9.80 Å². The average Bonchev–Trinajstić information content (AvgIpc) is 3.08. The highest BCUT2D eigenvalue weighted by atomic mass is 16.2. The van der Waals surface area contributed by atoms with Gasteiger partial charge in [0.15, 0.2) is 0 Å². The number of hydrogen-bond donors (Lipinski definition) is 1. The van der Waals surface area contributed by atoms with E-state index < -0.39 is 0 Å². The van der Waals surface area contributed by atoms with Gasteiger partial charge in [-0.05, 0) is 49.0 Å². The maximum absolute atomic E-state index is 12.6. The molecule has 30 heavy (non-hydrogen) atoms. The highest BCUT2D eigenvalue weighted by Gasteiger charge is 2.18. The second-order valence-electron chi connectivity index (χ2n) is 8.03. The number of benzene rings is 1. The van der Waals surface area contributed by atoms with E-state index in [9.17, 15) is 4.79 Å². The fourth-order valence-electron chi connectivity index (χ4n) is 3.59. The monoisotopic (exact) mass is 409 g/mol. The zero-order valence-electron chi connectivity index (χ0n) is 18.3. The molecule has 8 nitrogen and oxygen atoms in total. The fraction of sp³-hybridized carbons (Fsp3) is 0.455. The Morgan fingerprint density at radius 3 is 2.33 bits per heavy atom. The number of hydrogen-bond acceptors (Lipinski definition) is 6. The molecular formula is C22H31N7O. The lowest BCUT2D eigenvalue weighted by molar-refractivity contribution is -0.121. The average molecular weight is 410 g/mol. The van der Waals surface area contributed by atoms with E-state index in [0.29, 0.717) is 0 Å². The van der Waals surface area contributed by atoms with Crippen LogP contribution in [0.1, 0.15) is 32.1 Å². The fourth-order valence-corrected chi connectivity index (χ4v) is 3.59. The summed E-state index contributed by atoms with van der Waals surface area (Å²) < 4.78 is 1.59. The van der Waals surface area contributed by atoms with E-state index >= 15 is 0 Å². The van der Waals surface area contributed by atoms with Crippen LogP contribution in [0.5, 0.6) is 0 Å². The summed E-state index contributed by atoms with van der Waals surface area (Å²) >= 11 is 0. The van der Waals surface area contributed by atoms with E-state index in [1.807, 2.05) is 62.3 Å². The number of amides is 1. The quantitative estimate of drug-likeness (QED) is 0.769. The Balaban J connectivity index is 1.85. The molecule has 1 aliphatic carbocycles. The standard InChI is InChI=1S/C22H31N7O/c1-27(2)14-17-10-6-5-7-11-18(15-28(3)4)22(17)25-24-21(30)16-29-20-13-9-8-12-19(20)23-26-29/h8-9,12-15H,5-7,10-11,16H2,1-4H3,(H,24,30)/b17-14+,18-15+. The van der Waals surface area contributed by atoms with Gasteiger partial charge in [0, 0.05) is 40.6 Å². The van der Waals surface area contributed by atoms with Crippen molar-refractivity contribution in [2.24, 2.45) is 5.10 Å². The first-order valence-electron chi connectivity index (χ1n) is 10.3. The van der Waals surface area contributed by atoms with E-state index in [1.54, 1.807) is 4.68 Å². The molecule has 160 valence electrons. The Morgan fingerprint density at radius 1 is 1.07 bits per heavy atom. The van der Waals surface area contributed by atoms with Gasteiger partial charge in [-0.1, -0.05) is 23.8 Å². The zero-order chi connectivity index (χ0) is 21.5. The van der Waals surface area contributed by atoms with Crippen LogP contribution in [0.3, 0.4) is 0 Å². The Bertz CT molecular complexity index is 939. The number of nitrogens with one attached hydrogen (secondary N) is 1. The summed E-state index contributed by atoms with van der Waals surface area (Å²) in [6, 6.07) is 7.59. The van der Waals surface area contributed by atoms with Gasteiger partial charge >= 0.3 is 0 Å². The maximum atomic E-state index is 12.6. The van der Waals surface area contributed by atoms with Crippen LogP contribution >= 0.6 is 0 Å². The van der Waals surface area contributed by atoms with Gasteiger partial charge in [-0.2, -0.15) is 5.10 Å². The number of carbonyl (C=O) groups excluding carboxylic acids is 1. The molecule has 0 aliphatic heterocycles. The molecule has 1 N–H and O–H groups in total. The van der Waals surface area contributed by atoms with Gasteiger partial charge in [0.05, 0.1) is 11.2 Å². The number of aromatic nitrogens is 3. The van der Waals surface area contributed by atoms with Crippen LogP contribution < -0.4 is 5.43 Å². The van der Waals surface area contributed by atoms with Crippen LogP contribution in [0.4, 0.5) is 0 Å². The predicted molar refractivity (Wildman–Crippen MR) is 120 cm³/mol. The zero-order valence-corrected chi connectivity index (χ0v) is 18.3. The number of rotatable bonds is 5.